The van der Waals surface area contributed by atoms with Crippen molar-refractivity contribution in [3.8, 4) is 0 Å². The minimum absolute atomic E-state index is 0.0215. The first-order chi connectivity index (χ1) is 6.71. The van der Waals surface area contributed by atoms with Crippen LogP contribution in [0.3, 0.4) is 0 Å². The highest BCUT2D eigenvalue weighted by Gasteiger charge is 2.08. The van der Waals surface area contributed by atoms with Gasteiger partial charge in [-0.05, 0) is 25.3 Å². The molecule has 0 fully saturated rings. The van der Waals surface area contributed by atoms with Crippen LogP contribution in [0.25, 0.3) is 0 Å². The van der Waals surface area contributed by atoms with Crippen molar-refractivity contribution in [2.75, 3.05) is 0 Å². The molecule has 0 aromatic carbocycles. The number of nitrogens with zero attached hydrogens (tertiary/aromatic N) is 2. The average Bonchev–Trinajstić information content (AvgIpc) is 2.27. The van der Waals surface area contributed by atoms with E-state index in [4.69, 9.17) is 5.73 Å². The molecular formula is C11H19N3. The Balaban J connectivity index is 3.04. The van der Waals surface area contributed by atoms with Crippen LogP contribution >= 0.6 is 0 Å². The summed E-state index contributed by atoms with van der Waals surface area (Å²) in [5, 5.41) is 0. The molecule has 1 heterocycles. The SMILES string of the molecule is CCc1cc(CC)nc(C(N)CC)n1. The lowest BCUT2D eigenvalue weighted by Crippen LogP contribution is -2.15. The van der Waals surface area contributed by atoms with Crippen molar-refractivity contribution in [2.24, 2.45) is 5.73 Å². The summed E-state index contributed by atoms with van der Waals surface area (Å²) in [5.41, 5.74) is 8.10. The van der Waals surface area contributed by atoms with Gasteiger partial charge in [-0.25, -0.2) is 9.97 Å². The molecule has 0 spiro atoms. The molecule has 1 aromatic heterocycles. The van der Waals surface area contributed by atoms with Crippen LogP contribution in [0.4, 0.5) is 0 Å². The zero-order valence-corrected chi connectivity index (χ0v) is 9.25. The maximum atomic E-state index is 5.92. The summed E-state index contributed by atoms with van der Waals surface area (Å²) >= 11 is 0. The van der Waals surface area contributed by atoms with Gasteiger partial charge in [-0.15, -0.1) is 0 Å². The van der Waals surface area contributed by atoms with E-state index < -0.39 is 0 Å². The molecule has 3 heteroatoms. The summed E-state index contributed by atoms with van der Waals surface area (Å²) in [4.78, 5) is 8.87. The number of rotatable bonds is 4. The van der Waals surface area contributed by atoms with Gasteiger partial charge in [0.2, 0.25) is 0 Å². The van der Waals surface area contributed by atoms with E-state index in [-0.39, 0.29) is 6.04 Å². The van der Waals surface area contributed by atoms with Crippen molar-refractivity contribution in [1.29, 1.82) is 0 Å². The van der Waals surface area contributed by atoms with Crippen LogP contribution in [-0.2, 0) is 12.8 Å². The Morgan fingerprint density at radius 2 is 1.64 bits per heavy atom. The third kappa shape index (κ3) is 2.51. The molecule has 0 radical (unpaired) electrons. The lowest BCUT2D eigenvalue weighted by molar-refractivity contribution is 0.636. The fraction of sp³-hybridized carbons (Fsp3) is 0.636. The van der Waals surface area contributed by atoms with Gasteiger partial charge in [0, 0.05) is 11.4 Å². The van der Waals surface area contributed by atoms with E-state index in [0.29, 0.717) is 0 Å². The number of aromatic nitrogens is 2. The zero-order chi connectivity index (χ0) is 10.6. The molecule has 14 heavy (non-hydrogen) atoms. The second-order valence-electron chi connectivity index (χ2n) is 3.43. The molecule has 1 atom stereocenters. The molecule has 0 saturated carbocycles. The van der Waals surface area contributed by atoms with E-state index >= 15 is 0 Å². The molecule has 78 valence electrons. The lowest BCUT2D eigenvalue weighted by atomic mass is 10.2. The standard InChI is InChI=1S/C11H19N3/c1-4-8-7-9(5-2)14-11(13-8)10(12)6-3/h7,10H,4-6,12H2,1-3H3. The maximum absolute atomic E-state index is 5.92. The van der Waals surface area contributed by atoms with Crippen molar-refractivity contribution >= 4 is 0 Å². The fourth-order valence-electron chi connectivity index (χ4n) is 1.29. The second-order valence-corrected chi connectivity index (χ2v) is 3.43. The van der Waals surface area contributed by atoms with Gasteiger partial charge < -0.3 is 5.73 Å². The summed E-state index contributed by atoms with van der Waals surface area (Å²) in [5.74, 6) is 0.795. The average molecular weight is 193 g/mol. The van der Waals surface area contributed by atoms with Gasteiger partial charge in [0.05, 0.1) is 6.04 Å². The highest BCUT2D eigenvalue weighted by atomic mass is 14.9. The quantitative estimate of drug-likeness (QED) is 0.795. The molecule has 0 aliphatic heterocycles. The molecular weight excluding hydrogens is 174 g/mol. The second kappa shape index (κ2) is 5.05. The van der Waals surface area contributed by atoms with E-state index in [9.17, 15) is 0 Å². The first kappa shape index (κ1) is 11.1. The van der Waals surface area contributed by atoms with E-state index in [1.54, 1.807) is 0 Å². The molecule has 1 unspecified atom stereocenters. The highest BCUT2D eigenvalue weighted by Crippen LogP contribution is 2.11. The van der Waals surface area contributed by atoms with Crippen LogP contribution in [0, 0.1) is 0 Å². The smallest absolute Gasteiger partial charge is 0.145 e. The van der Waals surface area contributed by atoms with Crippen LogP contribution in [0.15, 0.2) is 6.07 Å². The van der Waals surface area contributed by atoms with Gasteiger partial charge in [-0.2, -0.15) is 0 Å². The number of hydrogen-bond acceptors (Lipinski definition) is 3. The Morgan fingerprint density at radius 1 is 1.14 bits per heavy atom. The minimum atomic E-state index is -0.0215. The predicted molar refractivity (Wildman–Crippen MR) is 58.0 cm³/mol. The van der Waals surface area contributed by atoms with Crippen LogP contribution in [0.1, 0.15) is 50.4 Å². The summed E-state index contributed by atoms with van der Waals surface area (Å²) in [7, 11) is 0. The Hall–Kier alpha value is -0.960. The minimum Gasteiger partial charge on any atom is -0.321 e. The predicted octanol–water partition coefficient (Wildman–Crippen LogP) is 2.01. The molecule has 0 bridgehead atoms. The number of aryl methyl sites for hydroxylation is 2. The van der Waals surface area contributed by atoms with Crippen molar-refractivity contribution in [3.63, 3.8) is 0 Å². The lowest BCUT2D eigenvalue weighted by Gasteiger charge is -2.10. The van der Waals surface area contributed by atoms with E-state index in [1.807, 2.05) is 0 Å². The summed E-state index contributed by atoms with van der Waals surface area (Å²) in [6, 6.07) is 2.04. The highest BCUT2D eigenvalue weighted by molar-refractivity contribution is 5.12. The van der Waals surface area contributed by atoms with Crippen molar-refractivity contribution < 1.29 is 0 Å². The summed E-state index contributed by atoms with van der Waals surface area (Å²) in [6.45, 7) is 6.25. The number of hydrogen-bond donors (Lipinski definition) is 1. The van der Waals surface area contributed by atoms with Crippen LogP contribution < -0.4 is 5.73 Å². The van der Waals surface area contributed by atoms with Crippen LogP contribution in [0.5, 0.6) is 0 Å². The maximum Gasteiger partial charge on any atom is 0.145 e. The Labute approximate surface area is 85.8 Å². The van der Waals surface area contributed by atoms with Gasteiger partial charge in [-0.3, -0.25) is 0 Å². The third-order valence-corrected chi connectivity index (χ3v) is 2.35. The van der Waals surface area contributed by atoms with Crippen molar-refractivity contribution in [1.82, 2.24) is 9.97 Å². The topological polar surface area (TPSA) is 51.8 Å². The first-order valence-electron chi connectivity index (χ1n) is 5.33. The van der Waals surface area contributed by atoms with E-state index in [1.165, 1.54) is 0 Å². The normalized spacial score (nSPS) is 12.9. The first-order valence-corrected chi connectivity index (χ1v) is 5.33. The van der Waals surface area contributed by atoms with Crippen molar-refractivity contribution in [2.45, 2.75) is 46.1 Å². The summed E-state index contributed by atoms with van der Waals surface area (Å²) < 4.78 is 0. The Morgan fingerprint density at radius 3 is 2.00 bits per heavy atom. The molecule has 1 rings (SSSR count). The fourth-order valence-corrected chi connectivity index (χ4v) is 1.29. The third-order valence-electron chi connectivity index (χ3n) is 2.35. The largest absolute Gasteiger partial charge is 0.321 e. The number of nitrogens with two attached hydrogens (primary N) is 1. The van der Waals surface area contributed by atoms with E-state index in [0.717, 1.165) is 36.5 Å². The molecule has 3 nitrogen and oxygen atoms in total. The molecule has 0 amide bonds. The molecule has 0 aliphatic rings. The molecule has 2 N–H and O–H groups in total. The Bertz CT molecular complexity index is 274. The van der Waals surface area contributed by atoms with Gasteiger partial charge >= 0.3 is 0 Å². The zero-order valence-electron chi connectivity index (χ0n) is 9.25. The Kier molecular flexibility index (Phi) is 4.01. The van der Waals surface area contributed by atoms with Gasteiger partial charge in [-0.1, -0.05) is 20.8 Å². The van der Waals surface area contributed by atoms with Gasteiger partial charge in [0.15, 0.2) is 0 Å². The molecule has 0 saturated heterocycles. The van der Waals surface area contributed by atoms with Gasteiger partial charge in [0.25, 0.3) is 0 Å². The van der Waals surface area contributed by atoms with Crippen molar-refractivity contribution in [3.05, 3.63) is 23.3 Å². The monoisotopic (exact) mass is 193 g/mol. The molecule has 0 aliphatic carbocycles. The van der Waals surface area contributed by atoms with Crippen LogP contribution in [-0.4, -0.2) is 9.97 Å². The summed E-state index contributed by atoms with van der Waals surface area (Å²) in [6.07, 6.45) is 2.77. The van der Waals surface area contributed by atoms with Gasteiger partial charge in [0.1, 0.15) is 5.82 Å². The molecule has 1 aromatic rings. The van der Waals surface area contributed by atoms with E-state index in [2.05, 4.69) is 36.8 Å². The van der Waals surface area contributed by atoms with Crippen LogP contribution in [0.2, 0.25) is 0 Å².